The summed E-state index contributed by atoms with van der Waals surface area (Å²) in [7, 11) is 0. The largest absolute Gasteiger partial charge is 0.494 e. The molecule has 5 nitrogen and oxygen atoms in total. The van der Waals surface area contributed by atoms with E-state index in [2.05, 4.69) is 5.32 Å². The van der Waals surface area contributed by atoms with Crippen LogP contribution < -0.4 is 10.1 Å². The maximum Gasteiger partial charge on any atom is 0.246 e. The predicted molar refractivity (Wildman–Crippen MR) is 80.0 cm³/mol. The summed E-state index contributed by atoms with van der Waals surface area (Å²) in [6, 6.07) is 9.09. The molecule has 0 aliphatic carbocycles. The van der Waals surface area contributed by atoms with Crippen molar-refractivity contribution in [1.29, 1.82) is 0 Å². The van der Waals surface area contributed by atoms with Gasteiger partial charge in [-0.3, -0.25) is 9.59 Å². The van der Waals surface area contributed by atoms with Gasteiger partial charge in [-0.15, -0.1) is 0 Å². The molecule has 2 rings (SSSR count). The Kier molecular flexibility index (Phi) is 4.50. The number of para-hydroxylation sites is 1. The lowest BCUT2D eigenvalue weighted by Crippen LogP contribution is -2.67. The van der Waals surface area contributed by atoms with Crippen molar-refractivity contribution in [3.63, 3.8) is 0 Å². The van der Waals surface area contributed by atoms with E-state index in [1.54, 1.807) is 25.7 Å². The number of carbonyl (C=O) groups excluding carboxylic acids is 2. The minimum atomic E-state index is -0.809. The van der Waals surface area contributed by atoms with E-state index in [-0.39, 0.29) is 11.8 Å². The van der Waals surface area contributed by atoms with Gasteiger partial charge >= 0.3 is 0 Å². The molecule has 0 aromatic heterocycles. The zero-order chi connectivity index (χ0) is 15.5. The molecule has 2 amide bonds. The van der Waals surface area contributed by atoms with Crippen LogP contribution >= 0.6 is 0 Å². The molecule has 0 spiro atoms. The van der Waals surface area contributed by atoms with Gasteiger partial charge in [-0.25, -0.2) is 0 Å². The maximum atomic E-state index is 12.2. The number of amides is 2. The topological polar surface area (TPSA) is 58.6 Å². The molecule has 1 saturated heterocycles. The van der Waals surface area contributed by atoms with Crippen molar-refractivity contribution >= 4 is 11.8 Å². The monoisotopic (exact) mass is 290 g/mol. The molecule has 1 N–H and O–H groups in total. The van der Waals surface area contributed by atoms with E-state index in [0.29, 0.717) is 19.6 Å². The molecule has 1 fully saturated rings. The van der Waals surface area contributed by atoms with Gasteiger partial charge in [0.15, 0.2) is 0 Å². The van der Waals surface area contributed by atoms with Gasteiger partial charge in [-0.2, -0.15) is 0 Å². The zero-order valence-electron chi connectivity index (χ0n) is 12.8. The van der Waals surface area contributed by atoms with Crippen molar-refractivity contribution in [1.82, 2.24) is 10.2 Å². The van der Waals surface area contributed by atoms with Gasteiger partial charge < -0.3 is 15.0 Å². The number of nitrogens with one attached hydrogen (secondary N) is 1. The van der Waals surface area contributed by atoms with Crippen LogP contribution in [0.4, 0.5) is 0 Å². The molecule has 114 valence electrons. The summed E-state index contributed by atoms with van der Waals surface area (Å²) >= 11 is 0. The second-order valence-electron chi connectivity index (χ2n) is 5.76. The highest BCUT2D eigenvalue weighted by Crippen LogP contribution is 2.21. The standard InChI is InChI=1S/C16H22N2O3/c1-12-14(19)18(16(2,3)15(20)17-12)10-7-11-21-13-8-5-4-6-9-13/h4-6,8-9,12H,7,10-11H2,1-3H3,(H,17,20). The number of hydrogen-bond acceptors (Lipinski definition) is 3. The van der Waals surface area contributed by atoms with Crippen LogP contribution in [0.2, 0.25) is 0 Å². The summed E-state index contributed by atoms with van der Waals surface area (Å²) in [4.78, 5) is 25.9. The highest BCUT2D eigenvalue weighted by Gasteiger charge is 2.44. The molecule has 1 aliphatic rings. The molecular formula is C16H22N2O3. The molecular weight excluding hydrogens is 268 g/mol. The van der Waals surface area contributed by atoms with Gasteiger partial charge in [0.1, 0.15) is 17.3 Å². The first-order chi connectivity index (χ1) is 9.93. The molecule has 21 heavy (non-hydrogen) atoms. The minimum absolute atomic E-state index is 0.0423. The van der Waals surface area contributed by atoms with Gasteiger partial charge in [-0.05, 0) is 39.3 Å². The zero-order valence-corrected chi connectivity index (χ0v) is 12.8. The van der Waals surface area contributed by atoms with Gasteiger partial charge in [0.25, 0.3) is 0 Å². The smallest absolute Gasteiger partial charge is 0.246 e. The van der Waals surface area contributed by atoms with Crippen LogP contribution in [0, 0.1) is 0 Å². The fourth-order valence-electron chi connectivity index (χ4n) is 2.39. The summed E-state index contributed by atoms with van der Waals surface area (Å²) < 4.78 is 5.62. The molecule has 1 heterocycles. The first-order valence-corrected chi connectivity index (χ1v) is 7.23. The third kappa shape index (κ3) is 3.35. The Morgan fingerprint density at radius 2 is 1.90 bits per heavy atom. The molecule has 1 aromatic rings. The van der Waals surface area contributed by atoms with Crippen LogP contribution in [0.15, 0.2) is 30.3 Å². The lowest BCUT2D eigenvalue weighted by molar-refractivity contribution is -0.154. The number of ether oxygens (including phenoxy) is 1. The SMILES string of the molecule is CC1NC(=O)C(C)(C)N(CCCOc2ccccc2)C1=O. The van der Waals surface area contributed by atoms with Crippen molar-refractivity contribution in [3.8, 4) is 5.75 Å². The van der Waals surface area contributed by atoms with Crippen LogP contribution in [-0.4, -0.2) is 41.4 Å². The molecule has 1 atom stereocenters. The van der Waals surface area contributed by atoms with E-state index < -0.39 is 11.6 Å². The summed E-state index contributed by atoms with van der Waals surface area (Å²) in [5.41, 5.74) is -0.809. The number of carbonyl (C=O) groups is 2. The molecule has 1 aliphatic heterocycles. The Labute approximate surface area is 125 Å². The molecule has 1 aromatic carbocycles. The summed E-state index contributed by atoms with van der Waals surface area (Å²) in [6.07, 6.45) is 0.685. The second kappa shape index (κ2) is 6.16. The van der Waals surface area contributed by atoms with Gasteiger partial charge in [0, 0.05) is 6.54 Å². The van der Waals surface area contributed by atoms with E-state index in [0.717, 1.165) is 5.75 Å². The lowest BCUT2D eigenvalue weighted by Gasteiger charge is -2.43. The fraction of sp³-hybridized carbons (Fsp3) is 0.500. The van der Waals surface area contributed by atoms with E-state index >= 15 is 0 Å². The summed E-state index contributed by atoms with van der Waals surface area (Å²) in [5, 5.41) is 2.70. The third-order valence-electron chi connectivity index (χ3n) is 3.75. The van der Waals surface area contributed by atoms with Gasteiger partial charge in [-0.1, -0.05) is 18.2 Å². The molecule has 1 unspecified atom stereocenters. The van der Waals surface area contributed by atoms with Crippen molar-refractivity contribution in [2.24, 2.45) is 0 Å². The van der Waals surface area contributed by atoms with Crippen molar-refractivity contribution in [3.05, 3.63) is 30.3 Å². The minimum Gasteiger partial charge on any atom is -0.494 e. The van der Waals surface area contributed by atoms with Crippen molar-refractivity contribution < 1.29 is 14.3 Å². The van der Waals surface area contributed by atoms with Crippen molar-refractivity contribution in [2.45, 2.75) is 38.8 Å². The van der Waals surface area contributed by atoms with E-state index in [1.807, 2.05) is 30.3 Å². The number of rotatable bonds is 5. The molecule has 0 bridgehead atoms. The van der Waals surface area contributed by atoms with Crippen LogP contribution in [0.25, 0.3) is 0 Å². The first kappa shape index (κ1) is 15.4. The number of nitrogens with zero attached hydrogens (tertiary/aromatic N) is 1. The van der Waals surface area contributed by atoms with Crippen LogP contribution in [0.3, 0.4) is 0 Å². The first-order valence-electron chi connectivity index (χ1n) is 7.23. The quantitative estimate of drug-likeness (QED) is 0.838. The number of hydrogen-bond donors (Lipinski definition) is 1. The lowest BCUT2D eigenvalue weighted by atomic mass is 9.96. The highest BCUT2D eigenvalue weighted by molar-refractivity contribution is 5.99. The molecule has 5 heteroatoms. The Balaban J connectivity index is 1.88. The van der Waals surface area contributed by atoms with Gasteiger partial charge in [0.2, 0.25) is 11.8 Å². The normalized spacial score (nSPS) is 21.1. The third-order valence-corrected chi connectivity index (χ3v) is 3.75. The number of benzene rings is 1. The Hall–Kier alpha value is -2.04. The van der Waals surface area contributed by atoms with Gasteiger partial charge in [0.05, 0.1) is 6.61 Å². The average Bonchev–Trinajstić information content (AvgIpc) is 2.46. The van der Waals surface area contributed by atoms with E-state index in [1.165, 1.54) is 0 Å². The highest BCUT2D eigenvalue weighted by atomic mass is 16.5. The van der Waals surface area contributed by atoms with E-state index in [4.69, 9.17) is 4.74 Å². The molecule has 0 radical (unpaired) electrons. The Morgan fingerprint density at radius 3 is 2.57 bits per heavy atom. The van der Waals surface area contributed by atoms with Crippen LogP contribution in [0.5, 0.6) is 5.75 Å². The molecule has 0 saturated carbocycles. The van der Waals surface area contributed by atoms with Crippen molar-refractivity contribution in [2.75, 3.05) is 13.2 Å². The Morgan fingerprint density at radius 1 is 1.24 bits per heavy atom. The average molecular weight is 290 g/mol. The predicted octanol–water partition coefficient (Wildman–Crippen LogP) is 1.58. The summed E-state index contributed by atoms with van der Waals surface area (Å²) in [5.74, 6) is 0.658. The van der Waals surface area contributed by atoms with Crippen LogP contribution in [-0.2, 0) is 9.59 Å². The summed E-state index contributed by atoms with van der Waals surface area (Å²) in [6.45, 7) is 6.27. The van der Waals surface area contributed by atoms with Crippen LogP contribution in [0.1, 0.15) is 27.2 Å². The van der Waals surface area contributed by atoms with E-state index in [9.17, 15) is 9.59 Å². The second-order valence-corrected chi connectivity index (χ2v) is 5.76. The maximum absolute atomic E-state index is 12.2. The fourth-order valence-corrected chi connectivity index (χ4v) is 2.39. The Bertz CT molecular complexity index is 514. The number of piperazine rings is 1.